The number of aliphatic carboxylic acids is 1. The van der Waals surface area contributed by atoms with Crippen LogP contribution in [0.2, 0.25) is 0 Å². The van der Waals surface area contributed by atoms with Gasteiger partial charge in [0.2, 0.25) is 16.0 Å². The third kappa shape index (κ3) is 6.68. The van der Waals surface area contributed by atoms with Crippen LogP contribution in [0, 0.1) is 5.82 Å². The third-order valence-electron chi connectivity index (χ3n) is 4.63. The summed E-state index contributed by atoms with van der Waals surface area (Å²) in [5.74, 6) is -2.08. The number of carbonyl (C=O) groups excluding carboxylic acids is 1. The molecule has 0 aliphatic rings. The van der Waals surface area contributed by atoms with E-state index in [9.17, 15) is 22.4 Å². The molecule has 1 aromatic carbocycles. The Balaban J connectivity index is 2.56. The maximum atomic E-state index is 13.5. The number of carboxylic acids is 1. The molecule has 0 spiro atoms. The fraction of sp³-hybridized carbons (Fsp3) is 0.364. The lowest BCUT2D eigenvalue weighted by atomic mass is 9.97. The van der Waals surface area contributed by atoms with E-state index < -0.39 is 28.2 Å². The summed E-state index contributed by atoms with van der Waals surface area (Å²) in [5, 5.41) is 8.70. The van der Waals surface area contributed by atoms with Crippen molar-refractivity contribution in [3.8, 4) is 11.3 Å². The van der Waals surface area contributed by atoms with Gasteiger partial charge >= 0.3 is 5.97 Å². The van der Waals surface area contributed by atoms with Crippen LogP contribution in [0.4, 0.5) is 10.3 Å². The molecule has 1 aromatic heterocycles. The summed E-state index contributed by atoms with van der Waals surface area (Å²) in [6, 6.07) is 5.65. The van der Waals surface area contributed by atoms with Crippen LogP contribution in [-0.2, 0) is 19.6 Å². The average molecular weight is 464 g/mol. The smallest absolute Gasteiger partial charge is 0.310 e. The van der Waals surface area contributed by atoms with Crippen LogP contribution in [0.25, 0.3) is 17.3 Å². The second-order valence-corrected chi connectivity index (χ2v) is 9.63. The van der Waals surface area contributed by atoms with Crippen LogP contribution in [0.3, 0.4) is 0 Å². The number of halogens is 1. The Kier molecular flexibility index (Phi) is 8.20. The molecule has 10 heteroatoms. The van der Waals surface area contributed by atoms with E-state index in [0.717, 1.165) is 10.6 Å². The first-order valence-electron chi connectivity index (χ1n) is 9.92. The van der Waals surface area contributed by atoms with E-state index in [-0.39, 0.29) is 24.1 Å². The van der Waals surface area contributed by atoms with E-state index >= 15 is 0 Å². The molecule has 0 saturated heterocycles. The molecule has 0 bridgehead atoms. The number of nitrogens with zero attached hydrogens (tertiary/aromatic N) is 3. The van der Waals surface area contributed by atoms with Crippen LogP contribution in [-0.4, -0.2) is 48.5 Å². The van der Waals surface area contributed by atoms with E-state index in [0.29, 0.717) is 28.9 Å². The Bertz CT molecular complexity index is 1130. The summed E-state index contributed by atoms with van der Waals surface area (Å²) in [7, 11) is -2.26. The number of hydrogen-bond acceptors (Lipinski definition) is 6. The molecule has 8 nitrogen and oxygen atoms in total. The summed E-state index contributed by atoms with van der Waals surface area (Å²) in [6.45, 7) is 3.80. The minimum absolute atomic E-state index is 0.00990. The van der Waals surface area contributed by atoms with Gasteiger partial charge in [0.05, 0.1) is 17.6 Å². The number of rotatable bonds is 10. The average Bonchev–Trinajstić information content (AvgIpc) is 2.69. The highest BCUT2D eigenvalue weighted by Gasteiger charge is 2.22. The fourth-order valence-electron chi connectivity index (χ4n) is 2.90. The second kappa shape index (κ2) is 10.4. The first-order valence-corrected chi connectivity index (χ1v) is 11.8. The Morgan fingerprint density at radius 2 is 1.81 bits per heavy atom. The lowest BCUT2D eigenvalue weighted by Crippen LogP contribution is -2.27. The van der Waals surface area contributed by atoms with Crippen LogP contribution in [0.5, 0.6) is 0 Å². The third-order valence-corrected chi connectivity index (χ3v) is 5.79. The van der Waals surface area contributed by atoms with E-state index in [1.54, 1.807) is 24.3 Å². The standard InChI is InChI=1S/C22H26FN3O5S/c1-14(2)20-18(8-6-5-7-17(27)13-19(28)29)21(15-9-11-16(23)12-10-15)25-22(24-20)26(3)32(4,30)31/h6,8-12,14H,5,7,13H2,1-4H3,(H,28,29)/b8-6+. The van der Waals surface area contributed by atoms with Gasteiger partial charge in [0, 0.05) is 24.6 Å². The molecule has 2 aromatic rings. The van der Waals surface area contributed by atoms with Gasteiger partial charge in [-0.1, -0.05) is 26.0 Å². The minimum atomic E-state index is -3.61. The Morgan fingerprint density at radius 3 is 2.34 bits per heavy atom. The highest BCUT2D eigenvalue weighted by Crippen LogP contribution is 2.31. The van der Waals surface area contributed by atoms with Crippen molar-refractivity contribution in [2.24, 2.45) is 0 Å². The van der Waals surface area contributed by atoms with Gasteiger partial charge < -0.3 is 5.11 Å². The number of aromatic nitrogens is 2. The molecule has 0 amide bonds. The number of sulfonamides is 1. The number of allylic oxidation sites excluding steroid dienone is 1. The van der Waals surface area contributed by atoms with E-state index in [1.807, 2.05) is 13.8 Å². The first kappa shape index (κ1) is 25.1. The van der Waals surface area contributed by atoms with Crippen molar-refractivity contribution in [2.45, 2.75) is 39.0 Å². The number of carboxylic acid groups (broad SMARTS) is 1. The SMILES string of the molecule is CC(C)c1nc(N(C)S(C)(=O)=O)nc(-c2ccc(F)cc2)c1/C=C/CCC(=O)CC(=O)O. The predicted octanol–water partition coefficient (Wildman–Crippen LogP) is 3.64. The number of carbonyl (C=O) groups is 2. The van der Waals surface area contributed by atoms with Crippen molar-refractivity contribution in [3.05, 3.63) is 47.4 Å². The van der Waals surface area contributed by atoms with Gasteiger partial charge in [-0.3, -0.25) is 9.59 Å². The van der Waals surface area contributed by atoms with Crippen LogP contribution in [0.1, 0.15) is 50.3 Å². The molecular weight excluding hydrogens is 437 g/mol. The molecule has 0 aliphatic carbocycles. The van der Waals surface area contributed by atoms with E-state index in [2.05, 4.69) is 9.97 Å². The van der Waals surface area contributed by atoms with Gasteiger partial charge in [0.25, 0.3) is 0 Å². The molecule has 1 heterocycles. The highest BCUT2D eigenvalue weighted by molar-refractivity contribution is 7.92. The van der Waals surface area contributed by atoms with Crippen molar-refractivity contribution in [2.75, 3.05) is 17.6 Å². The summed E-state index contributed by atoms with van der Waals surface area (Å²) < 4.78 is 38.6. The lowest BCUT2D eigenvalue weighted by Gasteiger charge is -2.20. The number of ketones is 1. The van der Waals surface area contributed by atoms with Gasteiger partial charge in [0.15, 0.2) is 0 Å². The summed E-state index contributed by atoms with van der Waals surface area (Å²) in [6.07, 6.45) is 4.36. The minimum Gasteiger partial charge on any atom is -0.481 e. The zero-order valence-corrected chi connectivity index (χ0v) is 19.2. The zero-order chi connectivity index (χ0) is 24.1. The molecule has 1 N–H and O–H groups in total. The maximum Gasteiger partial charge on any atom is 0.310 e. The summed E-state index contributed by atoms with van der Waals surface area (Å²) in [5.41, 5.74) is 2.18. The van der Waals surface area contributed by atoms with Gasteiger partial charge in [-0.05, 0) is 36.6 Å². The zero-order valence-electron chi connectivity index (χ0n) is 18.4. The largest absolute Gasteiger partial charge is 0.481 e. The van der Waals surface area contributed by atoms with E-state index in [4.69, 9.17) is 5.11 Å². The lowest BCUT2D eigenvalue weighted by molar-refractivity contribution is -0.140. The maximum absolute atomic E-state index is 13.5. The first-order chi connectivity index (χ1) is 14.9. The fourth-order valence-corrected chi connectivity index (χ4v) is 3.28. The molecule has 0 aliphatic heterocycles. The molecule has 172 valence electrons. The summed E-state index contributed by atoms with van der Waals surface area (Å²) >= 11 is 0. The topological polar surface area (TPSA) is 118 Å². The number of anilines is 1. The van der Waals surface area contributed by atoms with Crippen molar-refractivity contribution < 1.29 is 27.5 Å². The Morgan fingerprint density at radius 1 is 1.19 bits per heavy atom. The van der Waals surface area contributed by atoms with Gasteiger partial charge in [-0.2, -0.15) is 0 Å². The van der Waals surface area contributed by atoms with Crippen molar-refractivity contribution >= 4 is 33.8 Å². The molecule has 0 atom stereocenters. The van der Waals surface area contributed by atoms with Crippen LogP contribution < -0.4 is 4.31 Å². The van der Waals surface area contributed by atoms with Crippen LogP contribution in [0.15, 0.2) is 30.3 Å². The van der Waals surface area contributed by atoms with E-state index in [1.165, 1.54) is 19.2 Å². The van der Waals surface area contributed by atoms with Crippen molar-refractivity contribution in [1.82, 2.24) is 9.97 Å². The molecule has 0 saturated carbocycles. The molecular formula is C22H26FN3O5S. The predicted molar refractivity (Wildman–Crippen MR) is 120 cm³/mol. The Labute approximate surface area is 186 Å². The molecule has 0 radical (unpaired) electrons. The summed E-state index contributed by atoms with van der Waals surface area (Å²) in [4.78, 5) is 31.2. The van der Waals surface area contributed by atoms with Gasteiger partial charge in [-0.15, -0.1) is 0 Å². The quantitative estimate of drug-likeness (QED) is 0.535. The molecule has 0 fully saturated rings. The number of benzene rings is 1. The number of hydrogen-bond donors (Lipinski definition) is 1. The van der Waals surface area contributed by atoms with Gasteiger partial charge in [0.1, 0.15) is 18.0 Å². The van der Waals surface area contributed by atoms with Crippen molar-refractivity contribution in [3.63, 3.8) is 0 Å². The van der Waals surface area contributed by atoms with Crippen LogP contribution >= 0.6 is 0 Å². The normalized spacial score (nSPS) is 11.8. The molecule has 0 unspecified atom stereocenters. The highest BCUT2D eigenvalue weighted by atomic mass is 32.2. The number of Topliss-reactive ketones (excluding diaryl/α,β-unsaturated/α-hetero) is 1. The second-order valence-electron chi connectivity index (χ2n) is 7.61. The van der Waals surface area contributed by atoms with Crippen molar-refractivity contribution in [1.29, 1.82) is 0 Å². The Hall–Kier alpha value is -3.14. The molecule has 32 heavy (non-hydrogen) atoms. The monoisotopic (exact) mass is 463 g/mol. The molecule has 2 rings (SSSR count). The van der Waals surface area contributed by atoms with Gasteiger partial charge in [-0.25, -0.2) is 27.1 Å².